The Labute approximate surface area is 167 Å². The highest BCUT2D eigenvalue weighted by atomic mass is 16.3. The third-order valence-electron chi connectivity index (χ3n) is 4.15. The van der Waals surface area contributed by atoms with Crippen LogP contribution >= 0.6 is 0 Å². The third kappa shape index (κ3) is 7.34. The molecule has 1 aromatic carbocycles. The number of nitrogens with zero attached hydrogens (tertiary/aromatic N) is 2. The van der Waals surface area contributed by atoms with E-state index in [-0.39, 0.29) is 5.91 Å². The van der Waals surface area contributed by atoms with E-state index in [0.29, 0.717) is 18.8 Å². The van der Waals surface area contributed by atoms with Gasteiger partial charge in [0, 0.05) is 45.0 Å². The predicted molar refractivity (Wildman–Crippen MR) is 114 cm³/mol. The molecule has 0 bridgehead atoms. The van der Waals surface area contributed by atoms with Gasteiger partial charge in [0.05, 0.1) is 6.26 Å². The van der Waals surface area contributed by atoms with Crippen molar-refractivity contribution in [2.24, 2.45) is 4.99 Å². The van der Waals surface area contributed by atoms with Crippen molar-refractivity contribution < 1.29 is 9.21 Å². The van der Waals surface area contributed by atoms with Gasteiger partial charge in [0.25, 0.3) is 5.91 Å². The van der Waals surface area contributed by atoms with Gasteiger partial charge < -0.3 is 25.3 Å². The van der Waals surface area contributed by atoms with Gasteiger partial charge in [0.2, 0.25) is 0 Å². The van der Waals surface area contributed by atoms with Crippen LogP contribution in [0.2, 0.25) is 0 Å². The summed E-state index contributed by atoms with van der Waals surface area (Å²) < 4.78 is 5.07. The molecule has 0 spiro atoms. The lowest BCUT2D eigenvalue weighted by Gasteiger charge is -2.22. The first-order chi connectivity index (χ1) is 13.7. The van der Waals surface area contributed by atoms with E-state index in [1.54, 1.807) is 12.1 Å². The minimum absolute atomic E-state index is 0.214. The number of carbonyl (C=O) groups excluding carboxylic acids is 1. The van der Waals surface area contributed by atoms with Gasteiger partial charge in [-0.05, 0) is 44.5 Å². The second kappa shape index (κ2) is 12.4. The van der Waals surface area contributed by atoms with Crippen molar-refractivity contribution in [3.63, 3.8) is 0 Å². The van der Waals surface area contributed by atoms with Crippen molar-refractivity contribution >= 4 is 17.6 Å². The molecule has 1 amide bonds. The maximum Gasteiger partial charge on any atom is 0.287 e. The largest absolute Gasteiger partial charge is 0.459 e. The van der Waals surface area contributed by atoms with E-state index >= 15 is 0 Å². The lowest BCUT2D eigenvalue weighted by atomic mass is 10.2. The van der Waals surface area contributed by atoms with E-state index in [4.69, 9.17) is 4.42 Å². The summed E-state index contributed by atoms with van der Waals surface area (Å²) in [6.07, 6.45) is 2.45. The molecule has 0 radical (unpaired) electrons. The van der Waals surface area contributed by atoms with E-state index < -0.39 is 0 Å². The molecule has 7 nitrogen and oxygen atoms in total. The monoisotopic (exact) mass is 385 g/mol. The zero-order valence-electron chi connectivity index (χ0n) is 16.8. The molecule has 3 N–H and O–H groups in total. The van der Waals surface area contributed by atoms with Gasteiger partial charge in [0.1, 0.15) is 0 Å². The van der Waals surface area contributed by atoms with Crippen molar-refractivity contribution in [2.45, 2.75) is 20.3 Å². The van der Waals surface area contributed by atoms with Gasteiger partial charge in [0.15, 0.2) is 11.7 Å². The van der Waals surface area contributed by atoms with Crippen LogP contribution in [0.5, 0.6) is 0 Å². The van der Waals surface area contributed by atoms with Crippen LogP contribution in [0, 0.1) is 0 Å². The fourth-order valence-corrected chi connectivity index (χ4v) is 2.75. The molecule has 2 aromatic rings. The molecule has 0 unspecified atom stereocenters. The molecule has 0 saturated carbocycles. The molecule has 0 aliphatic heterocycles. The van der Waals surface area contributed by atoms with Crippen molar-refractivity contribution in [1.82, 2.24) is 16.0 Å². The molecule has 2 rings (SSSR count). The number of guanidine groups is 1. The summed E-state index contributed by atoms with van der Waals surface area (Å²) in [5.41, 5.74) is 1.24. The van der Waals surface area contributed by atoms with Crippen LogP contribution in [0.1, 0.15) is 30.8 Å². The Balaban J connectivity index is 1.70. The first-order valence-electron chi connectivity index (χ1n) is 9.88. The van der Waals surface area contributed by atoms with Crippen molar-refractivity contribution in [3.8, 4) is 0 Å². The highest BCUT2D eigenvalue weighted by molar-refractivity contribution is 5.91. The molecule has 152 valence electrons. The third-order valence-corrected chi connectivity index (χ3v) is 4.15. The molecular weight excluding hydrogens is 354 g/mol. The van der Waals surface area contributed by atoms with Crippen LogP contribution in [-0.2, 0) is 0 Å². The van der Waals surface area contributed by atoms with E-state index in [9.17, 15) is 4.79 Å². The Bertz CT molecular complexity index is 701. The normalized spacial score (nSPS) is 11.1. The number of anilines is 1. The smallest absolute Gasteiger partial charge is 0.287 e. The number of rotatable bonds is 11. The lowest BCUT2D eigenvalue weighted by molar-refractivity contribution is 0.0926. The number of hydrogen-bond acceptors (Lipinski definition) is 4. The quantitative estimate of drug-likeness (QED) is 0.314. The lowest BCUT2D eigenvalue weighted by Crippen LogP contribution is -2.41. The maximum atomic E-state index is 11.8. The molecule has 0 saturated heterocycles. The molecule has 28 heavy (non-hydrogen) atoms. The molecule has 7 heteroatoms. The SMILES string of the molecule is CCNC(=NCCCN(CC)c1ccccc1)NCCNC(=O)c1ccco1. The number of para-hydroxylation sites is 1. The number of amides is 1. The van der Waals surface area contributed by atoms with Crippen LogP contribution < -0.4 is 20.9 Å². The average molecular weight is 386 g/mol. The highest BCUT2D eigenvalue weighted by Gasteiger charge is 2.07. The Hall–Kier alpha value is -2.96. The second-order valence-corrected chi connectivity index (χ2v) is 6.19. The fourth-order valence-electron chi connectivity index (χ4n) is 2.75. The summed E-state index contributed by atoms with van der Waals surface area (Å²) in [4.78, 5) is 18.8. The molecule has 0 aliphatic carbocycles. The zero-order valence-corrected chi connectivity index (χ0v) is 16.8. The predicted octanol–water partition coefficient (Wildman–Crippen LogP) is 2.48. The number of carbonyl (C=O) groups is 1. The fraction of sp³-hybridized carbons (Fsp3) is 0.429. The molecular formula is C21H31N5O2. The summed E-state index contributed by atoms with van der Waals surface area (Å²) >= 11 is 0. The van der Waals surface area contributed by atoms with Crippen LogP contribution in [0.25, 0.3) is 0 Å². The van der Waals surface area contributed by atoms with Crippen molar-refractivity contribution in [3.05, 3.63) is 54.5 Å². The Kier molecular flexibility index (Phi) is 9.47. The van der Waals surface area contributed by atoms with E-state index in [2.05, 4.69) is 57.0 Å². The number of nitrogens with one attached hydrogen (secondary N) is 3. The van der Waals surface area contributed by atoms with Gasteiger partial charge in [-0.15, -0.1) is 0 Å². The van der Waals surface area contributed by atoms with Crippen molar-refractivity contribution in [2.75, 3.05) is 44.2 Å². The standard InChI is InChI=1S/C21H31N5O2/c1-3-22-21(25-15-14-23-20(27)19-12-8-17-28-19)24-13-9-16-26(4-2)18-10-6-5-7-11-18/h5-8,10-12,17H,3-4,9,13-16H2,1-2H3,(H,23,27)(H2,22,24,25). The van der Waals surface area contributed by atoms with E-state index in [1.165, 1.54) is 12.0 Å². The summed E-state index contributed by atoms with van der Waals surface area (Å²) in [6.45, 7) is 8.73. The van der Waals surface area contributed by atoms with Gasteiger partial charge in [-0.3, -0.25) is 9.79 Å². The van der Waals surface area contributed by atoms with Crippen molar-refractivity contribution in [1.29, 1.82) is 0 Å². The van der Waals surface area contributed by atoms with Gasteiger partial charge >= 0.3 is 0 Å². The molecule has 0 fully saturated rings. The van der Waals surface area contributed by atoms with Gasteiger partial charge in [-0.1, -0.05) is 18.2 Å². The summed E-state index contributed by atoms with van der Waals surface area (Å²) in [5.74, 6) is 0.867. The maximum absolute atomic E-state index is 11.8. The van der Waals surface area contributed by atoms with E-state index in [0.717, 1.165) is 38.6 Å². The molecule has 1 heterocycles. The number of benzene rings is 1. The Morgan fingerprint density at radius 3 is 2.50 bits per heavy atom. The van der Waals surface area contributed by atoms with Crippen LogP contribution in [0.3, 0.4) is 0 Å². The number of aliphatic imine (C=N–C) groups is 1. The average Bonchev–Trinajstić information content (AvgIpc) is 3.26. The number of furan rings is 1. The van der Waals surface area contributed by atoms with Crippen LogP contribution in [0.15, 0.2) is 58.1 Å². The molecule has 0 atom stereocenters. The molecule has 1 aromatic heterocycles. The first-order valence-corrected chi connectivity index (χ1v) is 9.88. The number of hydrogen-bond donors (Lipinski definition) is 3. The minimum atomic E-state index is -0.214. The summed E-state index contributed by atoms with van der Waals surface area (Å²) in [6, 6.07) is 13.8. The van der Waals surface area contributed by atoms with Gasteiger partial charge in [-0.25, -0.2) is 0 Å². The highest BCUT2D eigenvalue weighted by Crippen LogP contribution is 2.12. The Morgan fingerprint density at radius 1 is 1.04 bits per heavy atom. The van der Waals surface area contributed by atoms with Crippen LogP contribution in [-0.4, -0.2) is 51.1 Å². The van der Waals surface area contributed by atoms with Gasteiger partial charge in [-0.2, -0.15) is 0 Å². The summed E-state index contributed by atoms with van der Waals surface area (Å²) in [5, 5.41) is 9.27. The second-order valence-electron chi connectivity index (χ2n) is 6.19. The molecule has 0 aliphatic rings. The zero-order chi connectivity index (χ0) is 20.0. The summed E-state index contributed by atoms with van der Waals surface area (Å²) in [7, 11) is 0. The van der Waals surface area contributed by atoms with E-state index in [1.807, 2.05) is 13.0 Å². The van der Waals surface area contributed by atoms with Crippen LogP contribution in [0.4, 0.5) is 5.69 Å². The topological polar surface area (TPSA) is 81.9 Å². The first kappa shape index (κ1) is 21.3. The Morgan fingerprint density at radius 2 is 1.82 bits per heavy atom. The minimum Gasteiger partial charge on any atom is -0.459 e.